The number of aliphatic hydroxyl groups is 1. The van der Waals surface area contributed by atoms with Gasteiger partial charge in [-0.25, -0.2) is 9.97 Å². The molecule has 1 atom stereocenters. The van der Waals surface area contributed by atoms with E-state index < -0.39 is 0 Å². The van der Waals surface area contributed by atoms with Gasteiger partial charge >= 0.3 is 0 Å². The van der Waals surface area contributed by atoms with Crippen LogP contribution in [0.2, 0.25) is 0 Å². The van der Waals surface area contributed by atoms with E-state index in [9.17, 15) is 5.11 Å². The van der Waals surface area contributed by atoms with Crippen LogP contribution in [0.25, 0.3) is 0 Å². The van der Waals surface area contributed by atoms with Gasteiger partial charge in [0.1, 0.15) is 5.69 Å². The molecule has 1 saturated heterocycles. The maximum Gasteiger partial charge on any atom is 0.226 e. The second-order valence-corrected chi connectivity index (χ2v) is 4.71. The van der Waals surface area contributed by atoms with E-state index in [0.29, 0.717) is 11.6 Å². The minimum absolute atomic E-state index is 0.0377. The Hall–Kier alpha value is -1.89. The fourth-order valence-electron chi connectivity index (χ4n) is 2.32. The monoisotopic (exact) mass is 265 g/mol. The van der Waals surface area contributed by atoms with Gasteiger partial charge in [-0.1, -0.05) is 5.16 Å². The normalized spacial score (nSPS) is 20.6. The summed E-state index contributed by atoms with van der Waals surface area (Å²) in [5.41, 5.74) is 6.71. The van der Waals surface area contributed by atoms with Crippen LogP contribution in [0.3, 0.4) is 0 Å². The van der Waals surface area contributed by atoms with Crippen LogP contribution in [0.15, 0.2) is 11.2 Å². The molecule has 0 radical (unpaired) electrons. The summed E-state index contributed by atoms with van der Waals surface area (Å²) in [7, 11) is 0. The van der Waals surface area contributed by atoms with Crippen LogP contribution in [-0.2, 0) is 0 Å². The van der Waals surface area contributed by atoms with E-state index in [1.165, 1.54) is 0 Å². The molecule has 2 rings (SSSR count). The highest BCUT2D eigenvalue weighted by Crippen LogP contribution is 2.22. The van der Waals surface area contributed by atoms with Gasteiger partial charge in [0, 0.05) is 12.2 Å². The molecule has 7 nitrogen and oxygen atoms in total. The van der Waals surface area contributed by atoms with Gasteiger partial charge in [0.25, 0.3) is 0 Å². The van der Waals surface area contributed by atoms with Gasteiger partial charge in [-0.3, -0.25) is 0 Å². The van der Waals surface area contributed by atoms with Crippen LogP contribution in [-0.4, -0.2) is 45.3 Å². The van der Waals surface area contributed by atoms with E-state index >= 15 is 0 Å². The van der Waals surface area contributed by atoms with Gasteiger partial charge in [-0.2, -0.15) is 0 Å². The van der Waals surface area contributed by atoms with Crippen LogP contribution in [0, 0.1) is 6.92 Å². The number of hydrogen-bond acceptors (Lipinski definition) is 6. The Balaban J connectivity index is 2.35. The maximum atomic E-state index is 9.43. The van der Waals surface area contributed by atoms with Gasteiger partial charge in [-0.15, -0.1) is 0 Å². The number of aryl methyl sites for hydroxylation is 1. The number of anilines is 1. The molecule has 1 aromatic rings. The van der Waals surface area contributed by atoms with Crippen LogP contribution >= 0.6 is 0 Å². The molecule has 104 valence electrons. The highest BCUT2D eigenvalue weighted by molar-refractivity contribution is 5.95. The number of aromatic nitrogens is 2. The van der Waals surface area contributed by atoms with Gasteiger partial charge in [0.15, 0.2) is 5.84 Å². The van der Waals surface area contributed by atoms with Gasteiger partial charge < -0.3 is 20.9 Å². The first-order valence-electron chi connectivity index (χ1n) is 6.36. The van der Waals surface area contributed by atoms with Crippen LogP contribution in [0.1, 0.15) is 30.7 Å². The third-order valence-corrected chi connectivity index (χ3v) is 3.31. The second kappa shape index (κ2) is 5.83. The smallest absolute Gasteiger partial charge is 0.226 e. The van der Waals surface area contributed by atoms with E-state index in [-0.39, 0.29) is 18.5 Å². The first kappa shape index (κ1) is 13.5. The molecule has 7 heteroatoms. The molecule has 19 heavy (non-hydrogen) atoms. The first-order chi connectivity index (χ1) is 9.15. The summed E-state index contributed by atoms with van der Waals surface area (Å²) in [5.74, 6) is 0.490. The highest BCUT2D eigenvalue weighted by Gasteiger charge is 2.24. The third kappa shape index (κ3) is 2.93. The van der Waals surface area contributed by atoms with Gasteiger partial charge in [0.2, 0.25) is 5.95 Å². The Morgan fingerprint density at radius 3 is 3.00 bits per heavy atom. The zero-order valence-corrected chi connectivity index (χ0v) is 11.0. The average molecular weight is 265 g/mol. The van der Waals surface area contributed by atoms with Crippen LogP contribution < -0.4 is 10.6 Å². The number of nitrogens with zero attached hydrogens (tertiary/aromatic N) is 4. The minimum Gasteiger partial charge on any atom is -0.409 e. The van der Waals surface area contributed by atoms with Gasteiger partial charge in [0.05, 0.1) is 12.6 Å². The summed E-state index contributed by atoms with van der Waals surface area (Å²) in [4.78, 5) is 10.7. The largest absolute Gasteiger partial charge is 0.409 e. The lowest BCUT2D eigenvalue weighted by Gasteiger charge is -2.34. The highest BCUT2D eigenvalue weighted by atomic mass is 16.4. The molecule has 0 spiro atoms. The molecule has 0 amide bonds. The van der Waals surface area contributed by atoms with E-state index in [2.05, 4.69) is 15.1 Å². The lowest BCUT2D eigenvalue weighted by atomic mass is 10.0. The number of amidine groups is 1. The fourth-order valence-corrected chi connectivity index (χ4v) is 2.32. The molecule has 1 aromatic heterocycles. The van der Waals surface area contributed by atoms with Crippen molar-refractivity contribution in [2.24, 2.45) is 10.9 Å². The fraction of sp³-hybridized carbons (Fsp3) is 0.583. The minimum atomic E-state index is -0.0377. The SMILES string of the molecule is Cc1cc(/C(N)=N/O)nc(N2CCCCC2CO)n1. The predicted molar refractivity (Wildman–Crippen MR) is 71.4 cm³/mol. The number of aliphatic hydroxyl groups excluding tert-OH is 1. The maximum absolute atomic E-state index is 9.43. The Morgan fingerprint density at radius 1 is 1.53 bits per heavy atom. The number of rotatable bonds is 3. The molecule has 4 N–H and O–H groups in total. The summed E-state index contributed by atoms with van der Waals surface area (Å²) in [6.45, 7) is 2.72. The van der Waals surface area contributed by atoms with E-state index in [0.717, 1.165) is 31.5 Å². The Labute approximate surface area is 111 Å². The Kier molecular flexibility index (Phi) is 4.16. The van der Waals surface area contributed by atoms with Crippen LogP contribution in [0.4, 0.5) is 5.95 Å². The van der Waals surface area contributed by atoms with E-state index in [1.807, 2.05) is 11.8 Å². The number of piperidine rings is 1. The summed E-state index contributed by atoms with van der Waals surface area (Å²) in [5, 5.41) is 21.1. The topological polar surface area (TPSA) is 108 Å². The number of oxime groups is 1. The number of nitrogens with two attached hydrogens (primary N) is 1. The predicted octanol–water partition coefficient (Wildman–Crippen LogP) is 0.231. The summed E-state index contributed by atoms with van der Waals surface area (Å²) in [6.07, 6.45) is 3.07. The van der Waals surface area contributed by atoms with Crippen molar-refractivity contribution in [1.82, 2.24) is 9.97 Å². The molecule has 1 fully saturated rings. The van der Waals surface area contributed by atoms with Crippen molar-refractivity contribution in [2.75, 3.05) is 18.1 Å². The third-order valence-electron chi connectivity index (χ3n) is 3.31. The van der Waals surface area contributed by atoms with Gasteiger partial charge in [-0.05, 0) is 32.3 Å². The molecular formula is C12H19N5O2. The summed E-state index contributed by atoms with van der Waals surface area (Å²) < 4.78 is 0. The van der Waals surface area contributed by atoms with Crippen LogP contribution in [0.5, 0.6) is 0 Å². The summed E-state index contributed by atoms with van der Waals surface area (Å²) >= 11 is 0. The lowest BCUT2D eigenvalue weighted by Crippen LogP contribution is -2.43. The second-order valence-electron chi connectivity index (χ2n) is 4.71. The Bertz CT molecular complexity index is 477. The van der Waals surface area contributed by atoms with E-state index in [1.54, 1.807) is 6.07 Å². The molecule has 0 saturated carbocycles. The molecular weight excluding hydrogens is 246 g/mol. The standard InChI is InChI=1S/C12H19N5O2/c1-8-6-10(11(13)16-19)15-12(14-8)17-5-3-2-4-9(17)7-18/h6,9,18-19H,2-5,7H2,1H3,(H2,13,16). The first-order valence-corrected chi connectivity index (χ1v) is 6.36. The van der Waals surface area contributed by atoms with Crippen molar-refractivity contribution in [2.45, 2.75) is 32.2 Å². The Morgan fingerprint density at radius 2 is 2.32 bits per heavy atom. The zero-order valence-electron chi connectivity index (χ0n) is 11.0. The lowest BCUT2D eigenvalue weighted by molar-refractivity contribution is 0.238. The summed E-state index contributed by atoms with van der Waals surface area (Å²) in [6, 6.07) is 1.70. The van der Waals surface area contributed by atoms with Crippen molar-refractivity contribution in [3.8, 4) is 0 Å². The molecule has 1 aliphatic heterocycles. The molecule has 1 aliphatic rings. The quantitative estimate of drug-likeness (QED) is 0.312. The van der Waals surface area contributed by atoms with E-state index in [4.69, 9.17) is 10.9 Å². The average Bonchev–Trinajstić information content (AvgIpc) is 2.45. The van der Waals surface area contributed by atoms with Crippen molar-refractivity contribution in [3.05, 3.63) is 17.5 Å². The molecule has 2 heterocycles. The van der Waals surface area contributed by atoms with Crippen molar-refractivity contribution in [3.63, 3.8) is 0 Å². The van der Waals surface area contributed by atoms with Crippen molar-refractivity contribution in [1.29, 1.82) is 0 Å². The molecule has 0 aromatic carbocycles. The molecule has 0 aliphatic carbocycles. The molecule has 0 bridgehead atoms. The van der Waals surface area contributed by atoms with Crippen molar-refractivity contribution < 1.29 is 10.3 Å². The molecule has 1 unspecified atom stereocenters. The number of hydrogen-bond donors (Lipinski definition) is 3. The van der Waals surface area contributed by atoms with Crippen molar-refractivity contribution >= 4 is 11.8 Å². The zero-order chi connectivity index (χ0) is 13.8.